The van der Waals surface area contributed by atoms with Crippen molar-refractivity contribution < 1.29 is 14.8 Å². The zero-order valence-corrected chi connectivity index (χ0v) is 13.6. The molecule has 1 aromatic carbocycles. The van der Waals surface area contributed by atoms with Crippen LogP contribution in [-0.4, -0.2) is 48.4 Å². The first kappa shape index (κ1) is 17.7. The third-order valence-electron chi connectivity index (χ3n) is 2.63. The van der Waals surface area contributed by atoms with E-state index in [-0.39, 0.29) is 6.54 Å². The fourth-order valence-electron chi connectivity index (χ4n) is 1.56. The Bertz CT molecular complexity index is 609. The van der Waals surface area contributed by atoms with Crippen LogP contribution >= 0.6 is 11.3 Å². The maximum absolute atomic E-state index is 11.5. The molecule has 0 saturated heterocycles. The molecule has 0 aliphatic rings. The topological polar surface area (TPSA) is 98.9 Å². The number of benzene rings is 1. The van der Waals surface area contributed by atoms with Gasteiger partial charge in [-0.05, 0) is 17.5 Å². The number of primary amides is 1. The number of rotatable bonds is 2. The summed E-state index contributed by atoms with van der Waals surface area (Å²) in [5.74, 6) is 0. The van der Waals surface area contributed by atoms with Gasteiger partial charge in [0.05, 0.1) is 6.54 Å². The van der Waals surface area contributed by atoms with Crippen LogP contribution in [0.1, 0.15) is 4.88 Å². The van der Waals surface area contributed by atoms with Gasteiger partial charge >= 0.3 is 12.1 Å². The summed E-state index contributed by atoms with van der Waals surface area (Å²) in [5.41, 5.74) is 4.54. The van der Waals surface area contributed by atoms with E-state index in [0.717, 1.165) is 20.0 Å². The average molecular weight is 324 g/mol. The Kier molecular flexibility index (Phi) is 6.61. The third-order valence-corrected chi connectivity index (χ3v) is 3.73. The predicted molar refractivity (Wildman–Crippen MR) is 86.9 cm³/mol. The summed E-state index contributed by atoms with van der Waals surface area (Å²) < 4.78 is 1.16. The van der Waals surface area contributed by atoms with Crippen molar-refractivity contribution in [3.63, 3.8) is 0 Å². The molecule has 2 rings (SSSR count). The molecule has 0 fully saturated rings. The third kappa shape index (κ3) is 5.23. The second-order valence-electron chi connectivity index (χ2n) is 4.60. The molecule has 0 spiro atoms. The molecule has 0 atom stereocenters. The van der Waals surface area contributed by atoms with Gasteiger partial charge in [0.25, 0.3) is 0 Å². The summed E-state index contributed by atoms with van der Waals surface area (Å²) in [6, 6.07) is 9.08. The number of carbonyl (C=O) groups is 2. The molecule has 0 saturated carbocycles. The van der Waals surface area contributed by atoms with E-state index < -0.39 is 12.1 Å². The second kappa shape index (κ2) is 8.20. The first-order valence-corrected chi connectivity index (χ1v) is 7.29. The normalized spacial score (nSPS) is 9.64. The Morgan fingerprint density at radius 1 is 1.32 bits per heavy atom. The van der Waals surface area contributed by atoms with Gasteiger partial charge in [-0.25, -0.2) is 14.7 Å². The summed E-state index contributed by atoms with van der Waals surface area (Å²) in [6.45, 7) is 0.219. The summed E-state index contributed by atoms with van der Waals surface area (Å²) in [5, 5.41) is 13.6. The van der Waals surface area contributed by atoms with E-state index in [9.17, 15) is 14.8 Å². The summed E-state index contributed by atoms with van der Waals surface area (Å²) in [7, 11) is 4.69. The van der Waals surface area contributed by atoms with Crippen molar-refractivity contribution in [1.82, 2.24) is 15.3 Å². The molecule has 7 nitrogen and oxygen atoms in total. The van der Waals surface area contributed by atoms with Gasteiger partial charge < -0.3 is 16.0 Å². The highest BCUT2D eigenvalue weighted by Crippen LogP contribution is 2.26. The van der Waals surface area contributed by atoms with E-state index in [2.05, 4.69) is 11.1 Å². The van der Waals surface area contributed by atoms with Gasteiger partial charge in [-0.2, -0.15) is 0 Å². The molecular weight excluding hydrogens is 304 g/mol. The number of carbonyl (C=O) groups excluding carboxylic acids is 2. The van der Waals surface area contributed by atoms with E-state index in [0.29, 0.717) is 0 Å². The lowest BCUT2D eigenvalue weighted by molar-refractivity contribution is -0.0594. The van der Waals surface area contributed by atoms with Crippen molar-refractivity contribution >= 4 is 33.5 Å². The van der Waals surface area contributed by atoms with Gasteiger partial charge in [0.2, 0.25) is 0 Å². The van der Waals surface area contributed by atoms with Crippen molar-refractivity contribution in [3.05, 3.63) is 35.2 Å². The minimum Gasteiger partial charge on any atom is -0.352 e. The maximum atomic E-state index is 11.5. The summed E-state index contributed by atoms with van der Waals surface area (Å²) in [4.78, 5) is 23.3. The number of hydroxylamine groups is 2. The lowest BCUT2D eigenvalue weighted by Crippen LogP contribution is -2.36. The van der Waals surface area contributed by atoms with Crippen LogP contribution < -0.4 is 11.1 Å². The Morgan fingerprint density at radius 2 is 1.91 bits per heavy atom. The van der Waals surface area contributed by atoms with Crippen molar-refractivity contribution in [2.24, 2.45) is 5.73 Å². The molecule has 0 unspecified atom stereocenters. The molecule has 1 heterocycles. The number of thiophene rings is 1. The van der Waals surface area contributed by atoms with E-state index in [1.807, 2.05) is 30.3 Å². The number of nitrogens with zero attached hydrogens (tertiary/aromatic N) is 2. The molecule has 1 aromatic heterocycles. The Hall–Kier alpha value is -2.32. The summed E-state index contributed by atoms with van der Waals surface area (Å²) in [6.07, 6.45) is 0. The fraction of sp³-hybridized carbons (Fsp3) is 0.286. The van der Waals surface area contributed by atoms with Crippen molar-refractivity contribution in [1.29, 1.82) is 0 Å². The van der Waals surface area contributed by atoms with E-state index in [4.69, 9.17) is 0 Å². The van der Waals surface area contributed by atoms with E-state index >= 15 is 0 Å². The number of fused-ring (bicyclic) bond motifs is 1. The number of nitrogens with one attached hydrogen (secondary N) is 1. The van der Waals surface area contributed by atoms with Gasteiger partial charge in [0.15, 0.2) is 0 Å². The van der Waals surface area contributed by atoms with Gasteiger partial charge in [0, 0.05) is 30.7 Å². The van der Waals surface area contributed by atoms with Crippen LogP contribution in [0.15, 0.2) is 30.3 Å². The van der Waals surface area contributed by atoms with Crippen LogP contribution in [0.2, 0.25) is 0 Å². The Balaban J connectivity index is 0.000000422. The number of hydrogen-bond donors (Lipinski definition) is 3. The first-order valence-electron chi connectivity index (χ1n) is 6.47. The minimum absolute atomic E-state index is 0.219. The SMILES string of the molecule is CN(C)C(=O)N(O)Cc1cc2ccccc2s1.CNC(N)=O. The highest BCUT2D eigenvalue weighted by Gasteiger charge is 2.14. The van der Waals surface area contributed by atoms with Crippen LogP contribution in [-0.2, 0) is 6.54 Å². The molecule has 0 aliphatic heterocycles. The van der Waals surface area contributed by atoms with E-state index in [1.54, 1.807) is 25.4 Å². The van der Waals surface area contributed by atoms with Crippen LogP contribution in [0.25, 0.3) is 10.1 Å². The first-order chi connectivity index (χ1) is 10.3. The molecule has 4 N–H and O–H groups in total. The Morgan fingerprint density at radius 3 is 2.41 bits per heavy atom. The fourth-order valence-corrected chi connectivity index (χ4v) is 2.61. The highest BCUT2D eigenvalue weighted by atomic mass is 32.1. The minimum atomic E-state index is -0.495. The van der Waals surface area contributed by atoms with Gasteiger partial charge in [-0.3, -0.25) is 5.21 Å². The maximum Gasteiger partial charge on any atom is 0.343 e. The van der Waals surface area contributed by atoms with Crippen LogP contribution in [0.5, 0.6) is 0 Å². The Labute approximate surface area is 132 Å². The highest BCUT2D eigenvalue weighted by molar-refractivity contribution is 7.19. The van der Waals surface area contributed by atoms with Crippen molar-refractivity contribution in [2.75, 3.05) is 21.1 Å². The number of amides is 4. The van der Waals surface area contributed by atoms with Crippen LogP contribution in [0, 0.1) is 0 Å². The average Bonchev–Trinajstić information content (AvgIpc) is 2.88. The summed E-state index contributed by atoms with van der Waals surface area (Å²) >= 11 is 1.58. The predicted octanol–water partition coefficient (Wildman–Crippen LogP) is 2.06. The quantitative estimate of drug-likeness (QED) is 0.582. The van der Waals surface area contributed by atoms with Gasteiger partial charge in [-0.1, -0.05) is 18.2 Å². The molecule has 0 radical (unpaired) electrons. The van der Waals surface area contributed by atoms with Crippen LogP contribution in [0.3, 0.4) is 0 Å². The molecular formula is C14H20N4O3S. The largest absolute Gasteiger partial charge is 0.352 e. The number of hydrogen-bond acceptors (Lipinski definition) is 4. The number of nitrogens with two attached hydrogens (primary N) is 1. The molecule has 0 aliphatic carbocycles. The van der Waals surface area contributed by atoms with Gasteiger partial charge in [-0.15, -0.1) is 11.3 Å². The molecule has 22 heavy (non-hydrogen) atoms. The molecule has 0 bridgehead atoms. The molecule has 2 aromatic rings. The van der Waals surface area contributed by atoms with E-state index in [1.165, 1.54) is 11.9 Å². The molecule has 4 amide bonds. The number of urea groups is 2. The van der Waals surface area contributed by atoms with Crippen LogP contribution in [0.4, 0.5) is 9.59 Å². The second-order valence-corrected chi connectivity index (χ2v) is 5.77. The monoisotopic (exact) mass is 324 g/mol. The van der Waals surface area contributed by atoms with Crippen molar-refractivity contribution in [2.45, 2.75) is 6.54 Å². The standard InChI is InChI=1S/C12H14N2O2S.C2H6N2O/c1-13(2)12(15)14(16)8-10-7-9-5-3-4-6-11(9)17-10;1-4-2(3)5/h3-7,16H,8H2,1-2H3;1H3,(H3,3,4,5). The smallest absolute Gasteiger partial charge is 0.343 e. The molecule has 8 heteroatoms. The lowest BCUT2D eigenvalue weighted by Gasteiger charge is -2.18. The molecule has 120 valence electrons. The zero-order chi connectivity index (χ0) is 16.7. The van der Waals surface area contributed by atoms with Gasteiger partial charge in [0.1, 0.15) is 0 Å². The van der Waals surface area contributed by atoms with Crippen molar-refractivity contribution in [3.8, 4) is 0 Å². The lowest BCUT2D eigenvalue weighted by atomic mass is 10.2. The zero-order valence-electron chi connectivity index (χ0n) is 12.7.